The van der Waals surface area contributed by atoms with Crippen molar-refractivity contribution < 1.29 is 18.1 Å². The first-order chi connectivity index (χ1) is 13.5. The normalized spacial score (nSPS) is 21.0. The lowest BCUT2D eigenvalue weighted by atomic mass is 10.0. The maximum Gasteiger partial charge on any atom is 0.275 e. The van der Waals surface area contributed by atoms with E-state index >= 15 is 0 Å². The molecule has 1 aromatic heterocycles. The molecule has 156 valence electrons. The summed E-state index contributed by atoms with van der Waals surface area (Å²) in [7, 11) is -1.31. The molecule has 0 spiro atoms. The molecule has 3 N–H and O–H groups in total. The number of hydrogen-bond donors (Lipinski definition) is 4. The minimum absolute atomic E-state index is 0.0778. The first-order valence-corrected chi connectivity index (χ1v) is 11.3. The van der Waals surface area contributed by atoms with Crippen LogP contribution in [0.2, 0.25) is 0 Å². The number of anilines is 1. The number of nitrogens with one attached hydrogen (secondary N) is 3. The summed E-state index contributed by atoms with van der Waals surface area (Å²) in [6.07, 6.45) is 4.24. The molecule has 1 aliphatic rings. The summed E-state index contributed by atoms with van der Waals surface area (Å²) >= 11 is 0. The molecule has 2 heterocycles. The molecule has 3 rings (SSSR count). The predicted molar refractivity (Wildman–Crippen MR) is 111 cm³/mol. The monoisotopic (exact) mass is 421 g/mol. The Bertz CT molecular complexity index is 1010. The van der Waals surface area contributed by atoms with Gasteiger partial charge in [0.05, 0.1) is 30.3 Å². The minimum Gasteiger partial charge on any atom is -0.480 e. The van der Waals surface area contributed by atoms with Crippen molar-refractivity contribution in [2.45, 2.75) is 24.6 Å². The Hall–Kier alpha value is -2.88. The predicted octanol–water partition coefficient (Wildman–Crippen LogP) is 1.92. The van der Waals surface area contributed by atoms with Crippen LogP contribution in [0, 0.1) is 11.2 Å². The van der Waals surface area contributed by atoms with Crippen LogP contribution in [0.25, 0.3) is 0 Å². The number of carbonyl (C=O) groups is 1. The maximum absolute atomic E-state index is 14.5. The Labute approximate surface area is 169 Å². The summed E-state index contributed by atoms with van der Waals surface area (Å²) in [4.78, 5) is 20.3. The average molecular weight is 421 g/mol. The minimum atomic E-state index is -2.76. The lowest BCUT2D eigenvalue weighted by Crippen LogP contribution is -2.59. The van der Waals surface area contributed by atoms with Gasteiger partial charge in [0.2, 0.25) is 5.88 Å². The molecule has 29 heavy (non-hydrogen) atoms. The number of rotatable bonds is 4. The summed E-state index contributed by atoms with van der Waals surface area (Å²) in [5.74, 6) is -0.410. The fourth-order valence-electron chi connectivity index (χ4n) is 3.01. The lowest BCUT2D eigenvalue weighted by molar-refractivity contribution is 0.102. The molecule has 1 aromatic carbocycles. The Morgan fingerprint density at radius 1 is 1.38 bits per heavy atom. The number of benzene rings is 1. The highest BCUT2D eigenvalue weighted by atomic mass is 32.2. The number of methoxy groups -OCH3 is 1. The van der Waals surface area contributed by atoms with E-state index in [0.717, 1.165) is 0 Å². The summed E-state index contributed by atoms with van der Waals surface area (Å²) in [6.45, 7) is 3.50. The van der Waals surface area contributed by atoms with Gasteiger partial charge >= 0.3 is 0 Å². The molecule has 0 saturated carbocycles. The van der Waals surface area contributed by atoms with Crippen LogP contribution in [0.3, 0.4) is 0 Å². The van der Waals surface area contributed by atoms with Crippen molar-refractivity contribution >= 4 is 27.4 Å². The van der Waals surface area contributed by atoms with Crippen LogP contribution in [-0.2, 0) is 9.93 Å². The first-order valence-electron chi connectivity index (χ1n) is 8.94. The van der Waals surface area contributed by atoms with Gasteiger partial charge in [-0.15, -0.1) is 0 Å². The molecule has 1 atom stereocenters. The number of nitrogens with zero attached hydrogens (tertiary/aromatic N) is 2. The van der Waals surface area contributed by atoms with Crippen molar-refractivity contribution in [3.63, 3.8) is 0 Å². The number of thiol groups is 1. The van der Waals surface area contributed by atoms with Crippen LogP contribution >= 0.6 is 0 Å². The van der Waals surface area contributed by atoms with Crippen molar-refractivity contribution in [2.75, 3.05) is 24.4 Å². The zero-order valence-electron chi connectivity index (χ0n) is 16.6. The van der Waals surface area contributed by atoms with Crippen LogP contribution in [0.15, 0.2) is 30.6 Å². The standard InChI is InChI=1S/C19H24FN5O3S/c1-19(2)18(21)25-15(10-29(19,4)27)12-7-11(5-6-13(12)20)24-17(26)14-8-23-16(28-3)9-22-14/h5-9,15,29H,10H2,1-4H3,(H2,21,25)(H,24,26). The second-order valence-electron chi connectivity index (χ2n) is 7.55. The molecule has 8 nitrogen and oxygen atoms in total. The molecule has 1 fully saturated rings. The van der Waals surface area contributed by atoms with E-state index in [-0.39, 0.29) is 28.7 Å². The largest absolute Gasteiger partial charge is 0.480 e. The van der Waals surface area contributed by atoms with Crippen molar-refractivity contribution in [2.24, 2.45) is 0 Å². The van der Waals surface area contributed by atoms with E-state index < -0.39 is 32.4 Å². The molecule has 2 aromatic rings. The molecular formula is C19H24FN5O3S. The molecule has 10 heteroatoms. The fourth-order valence-corrected chi connectivity index (χ4v) is 4.99. The highest BCUT2D eigenvalue weighted by Crippen LogP contribution is 2.34. The van der Waals surface area contributed by atoms with Gasteiger partial charge in [-0.2, -0.15) is 0 Å². The van der Waals surface area contributed by atoms with Gasteiger partial charge in [-0.1, -0.05) is 9.93 Å². The summed E-state index contributed by atoms with van der Waals surface area (Å²) in [5.41, 5.74) is 0.674. The van der Waals surface area contributed by atoms with Crippen molar-refractivity contribution in [3.8, 4) is 5.88 Å². The van der Waals surface area contributed by atoms with Crippen LogP contribution in [-0.4, -0.2) is 49.8 Å². The van der Waals surface area contributed by atoms with Gasteiger partial charge in [-0.05, 0) is 38.3 Å². The molecule has 1 saturated heterocycles. The van der Waals surface area contributed by atoms with E-state index in [1.54, 1.807) is 20.1 Å². The van der Waals surface area contributed by atoms with Gasteiger partial charge < -0.3 is 15.4 Å². The topological polar surface area (TPSA) is 117 Å². The molecule has 1 aliphatic heterocycles. The number of carbonyl (C=O) groups excluding carboxylic acids is 1. The van der Waals surface area contributed by atoms with E-state index in [0.29, 0.717) is 5.69 Å². The van der Waals surface area contributed by atoms with Gasteiger partial charge in [-0.3, -0.25) is 14.4 Å². The fraction of sp³-hybridized carbons (Fsp3) is 0.368. The third kappa shape index (κ3) is 3.98. The quantitative estimate of drug-likeness (QED) is 0.561. The molecule has 0 bridgehead atoms. The van der Waals surface area contributed by atoms with Crippen LogP contribution in [0.1, 0.15) is 35.9 Å². The second-order valence-corrected chi connectivity index (χ2v) is 11.2. The van der Waals surface area contributed by atoms with Crippen molar-refractivity contribution in [1.29, 1.82) is 5.41 Å². The smallest absolute Gasteiger partial charge is 0.275 e. The number of hydrogen-bond acceptors (Lipinski definition) is 6. The zero-order chi connectivity index (χ0) is 21.4. The van der Waals surface area contributed by atoms with Crippen LogP contribution in [0.4, 0.5) is 10.1 Å². The molecular weight excluding hydrogens is 397 g/mol. The molecule has 1 unspecified atom stereocenters. The Morgan fingerprint density at radius 3 is 2.69 bits per heavy atom. The summed E-state index contributed by atoms with van der Waals surface area (Å²) in [6, 6.07) is 3.52. The third-order valence-corrected chi connectivity index (χ3v) is 8.99. The van der Waals surface area contributed by atoms with E-state index in [2.05, 4.69) is 20.6 Å². The number of amidine groups is 1. The Kier molecular flexibility index (Phi) is 5.40. The van der Waals surface area contributed by atoms with Gasteiger partial charge in [0, 0.05) is 17.0 Å². The van der Waals surface area contributed by atoms with Crippen molar-refractivity contribution in [3.05, 3.63) is 47.7 Å². The van der Waals surface area contributed by atoms with Gasteiger partial charge in [0.25, 0.3) is 5.91 Å². The molecule has 1 amide bonds. The highest BCUT2D eigenvalue weighted by molar-refractivity contribution is 8.04. The number of amides is 1. The van der Waals surface area contributed by atoms with E-state index in [4.69, 9.17) is 10.1 Å². The molecule has 0 aliphatic carbocycles. The average Bonchev–Trinajstić information content (AvgIpc) is 2.67. The van der Waals surface area contributed by atoms with Gasteiger partial charge in [-0.25, -0.2) is 14.4 Å². The summed E-state index contributed by atoms with van der Waals surface area (Å²) in [5, 5.41) is 13.8. The third-order valence-electron chi connectivity index (χ3n) is 5.34. The Balaban J connectivity index is 1.84. The number of ether oxygens (including phenoxy) is 1. The van der Waals surface area contributed by atoms with E-state index in [1.807, 2.05) is 0 Å². The van der Waals surface area contributed by atoms with Crippen molar-refractivity contribution in [1.82, 2.24) is 15.3 Å². The highest BCUT2D eigenvalue weighted by Gasteiger charge is 2.43. The Morgan fingerprint density at radius 2 is 2.10 bits per heavy atom. The number of aromatic nitrogens is 2. The van der Waals surface area contributed by atoms with Crippen LogP contribution in [0.5, 0.6) is 5.88 Å². The lowest BCUT2D eigenvalue weighted by Gasteiger charge is -2.45. The second kappa shape index (κ2) is 7.51. The van der Waals surface area contributed by atoms with Gasteiger partial charge in [0.1, 0.15) is 17.3 Å². The van der Waals surface area contributed by atoms with E-state index in [9.17, 15) is 13.4 Å². The van der Waals surface area contributed by atoms with Gasteiger partial charge in [0.15, 0.2) is 0 Å². The molecule has 0 radical (unpaired) electrons. The number of halogens is 1. The SMILES string of the molecule is COc1cnc(C(=O)Nc2ccc(F)c(C3C[SH](C)(=O)C(C)(C)C(=N)N3)c2)cn1. The zero-order valence-corrected chi connectivity index (χ0v) is 17.5. The van der Waals surface area contributed by atoms with Crippen LogP contribution < -0.4 is 15.4 Å². The first kappa shape index (κ1) is 20.8. The van der Waals surface area contributed by atoms with E-state index in [1.165, 1.54) is 37.7 Å². The summed E-state index contributed by atoms with van der Waals surface area (Å²) < 4.78 is 31.7. The maximum atomic E-state index is 14.5.